The van der Waals surface area contributed by atoms with Gasteiger partial charge in [0, 0.05) is 23.0 Å². The van der Waals surface area contributed by atoms with E-state index < -0.39 is 0 Å². The van der Waals surface area contributed by atoms with E-state index in [9.17, 15) is 0 Å². The molecule has 0 aliphatic carbocycles. The summed E-state index contributed by atoms with van der Waals surface area (Å²) >= 11 is 3.48. The average Bonchev–Trinajstić information content (AvgIpc) is 2.86. The molecule has 1 aromatic rings. The summed E-state index contributed by atoms with van der Waals surface area (Å²) in [6.45, 7) is 3.14. The third kappa shape index (κ3) is 3.34. The van der Waals surface area contributed by atoms with Gasteiger partial charge in [-0.2, -0.15) is 0 Å². The fourth-order valence-corrected chi connectivity index (χ4v) is 3.15. The molecule has 2 rings (SSSR count). The van der Waals surface area contributed by atoms with Crippen LogP contribution in [0.4, 0.5) is 0 Å². The number of halogens is 1. The number of rotatable bonds is 5. The maximum absolute atomic E-state index is 5.81. The van der Waals surface area contributed by atoms with Crippen molar-refractivity contribution in [3.8, 4) is 0 Å². The van der Waals surface area contributed by atoms with Crippen LogP contribution in [0.1, 0.15) is 25.3 Å². The number of ether oxygens (including phenoxy) is 1. The van der Waals surface area contributed by atoms with Gasteiger partial charge in [-0.1, -0.05) is 35.0 Å². The van der Waals surface area contributed by atoms with Gasteiger partial charge in [0.25, 0.3) is 0 Å². The summed E-state index contributed by atoms with van der Waals surface area (Å²) in [4.78, 5) is 0. The van der Waals surface area contributed by atoms with Crippen LogP contribution in [-0.4, -0.2) is 25.8 Å². The highest BCUT2D eigenvalue weighted by Gasteiger charge is 2.32. The van der Waals surface area contributed by atoms with Crippen molar-refractivity contribution in [1.29, 1.82) is 0 Å². The Bertz CT molecular complexity index is 365. The van der Waals surface area contributed by atoms with Crippen LogP contribution in [0.25, 0.3) is 0 Å². The Kier molecular flexibility index (Phi) is 5.22. The van der Waals surface area contributed by atoms with Crippen LogP contribution < -0.4 is 5.32 Å². The molecule has 1 N–H and O–H groups in total. The fourth-order valence-electron chi connectivity index (χ4n) is 2.89. The van der Waals surface area contributed by atoms with Crippen molar-refractivity contribution in [3.63, 3.8) is 0 Å². The van der Waals surface area contributed by atoms with Gasteiger partial charge in [-0.25, -0.2) is 0 Å². The van der Waals surface area contributed by atoms with E-state index in [1.807, 2.05) is 0 Å². The van der Waals surface area contributed by atoms with Gasteiger partial charge in [0.2, 0.25) is 0 Å². The second-order valence-corrected chi connectivity index (χ2v) is 5.91. The smallest absolute Gasteiger partial charge is 0.0616 e. The summed E-state index contributed by atoms with van der Waals surface area (Å²) in [6.07, 6.45) is 3.80. The van der Waals surface area contributed by atoms with Crippen LogP contribution in [0.2, 0.25) is 0 Å². The normalized spacial score (nSPS) is 25.3. The zero-order valence-electron chi connectivity index (χ0n) is 11.2. The van der Waals surface area contributed by atoms with E-state index >= 15 is 0 Å². The number of likely N-dealkylation sites (N-methyl/N-ethyl adjacent to an activating group) is 1. The lowest BCUT2D eigenvalue weighted by atomic mass is 9.87. The molecule has 0 amide bonds. The fraction of sp³-hybridized carbons (Fsp3) is 0.600. The van der Waals surface area contributed by atoms with Gasteiger partial charge < -0.3 is 10.1 Å². The minimum atomic E-state index is 0.429. The molecule has 0 aromatic heterocycles. The molecule has 1 saturated heterocycles. The molecule has 0 bridgehead atoms. The quantitative estimate of drug-likeness (QED) is 0.900. The number of nitrogens with one attached hydrogen (secondary N) is 1. The minimum Gasteiger partial charge on any atom is -0.378 e. The lowest BCUT2D eigenvalue weighted by molar-refractivity contribution is 0.0783. The zero-order valence-corrected chi connectivity index (χ0v) is 12.7. The van der Waals surface area contributed by atoms with Crippen LogP contribution >= 0.6 is 15.9 Å². The first-order chi connectivity index (χ1) is 8.74. The van der Waals surface area contributed by atoms with Gasteiger partial charge in [-0.15, -0.1) is 0 Å². The van der Waals surface area contributed by atoms with Gasteiger partial charge in [0.15, 0.2) is 0 Å². The molecule has 3 unspecified atom stereocenters. The van der Waals surface area contributed by atoms with Crippen LogP contribution in [0.15, 0.2) is 28.7 Å². The minimum absolute atomic E-state index is 0.429. The summed E-state index contributed by atoms with van der Waals surface area (Å²) in [7, 11) is 2.06. The molecule has 18 heavy (non-hydrogen) atoms. The number of benzene rings is 1. The summed E-state index contributed by atoms with van der Waals surface area (Å²) in [5.41, 5.74) is 1.39. The summed E-state index contributed by atoms with van der Waals surface area (Å²) in [6, 6.07) is 9.14. The number of hydrogen-bond acceptors (Lipinski definition) is 2. The Hall–Kier alpha value is -0.380. The highest BCUT2D eigenvalue weighted by Crippen LogP contribution is 2.28. The van der Waals surface area contributed by atoms with E-state index in [4.69, 9.17) is 4.74 Å². The van der Waals surface area contributed by atoms with Crippen LogP contribution in [0.3, 0.4) is 0 Å². The van der Waals surface area contributed by atoms with Gasteiger partial charge in [0.1, 0.15) is 0 Å². The van der Waals surface area contributed by atoms with Crippen molar-refractivity contribution in [2.75, 3.05) is 13.7 Å². The molecule has 3 heteroatoms. The molecule has 2 nitrogen and oxygen atoms in total. The van der Waals surface area contributed by atoms with E-state index in [0.29, 0.717) is 18.1 Å². The van der Waals surface area contributed by atoms with Crippen LogP contribution in [-0.2, 0) is 11.2 Å². The standard InChI is InChI=1S/C15H22BrNO/c1-3-15-13(8-9-18-15)14(17-2)10-11-4-6-12(16)7-5-11/h4-7,13-15,17H,3,8-10H2,1-2H3. The molecule has 0 spiro atoms. The summed E-state index contributed by atoms with van der Waals surface area (Å²) < 4.78 is 6.95. The van der Waals surface area contributed by atoms with Crippen molar-refractivity contribution in [2.24, 2.45) is 5.92 Å². The predicted octanol–water partition coefficient (Wildman–Crippen LogP) is 3.39. The molecular formula is C15H22BrNO. The van der Waals surface area contributed by atoms with Crippen LogP contribution in [0.5, 0.6) is 0 Å². The Balaban J connectivity index is 2.02. The monoisotopic (exact) mass is 311 g/mol. The first kappa shape index (κ1) is 14.0. The first-order valence-electron chi connectivity index (χ1n) is 6.78. The first-order valence-corrected chi connectivity index (χ1v) is 7.57. The predicted molar refractivity (Wildman–Crippen MR) is 78.8 cm³/mol. The van der Waals surface area contributed by atoms with E-state index in [2.05, 4.69) is 59.5 Å². The van der Waals surface area contributed by atoms with E-state index in [1.54, 1.807) is 0 Å². The topological polar surface area (TPSA) is 21.3 Å². The molecule has 1 aliphatic heterocycles. The summed E-state index contributed by atoms with van der Waals surface area (Å²) in [5.74, 6) is 0.642. The van der Waals surface area contributed by atoms with Crippen molar-refractivity contribution >= 4 is 15.9 Å². The van der Waals surface area contributed by atoms with Gasteiger partial charge in [-0.05, 0) is 44.0 Å². The molecule has 100 valence electrons. The van der Waals surface area contributed by atoms with Crippen molar-refractivity contribution in [1.82, 2.24) is 5.32 Å². The SMILES string of the molecule is CCC1OCCC1C(Cc1ccc(Br)cc1)NC. The second-order valence-electron chi connectivity index (χ2n) is 5.00. The van der Waals surface area contributed by atoms with E-state index in [-0.39, 0.29) is 0 Å². The third-order valence-corrected chi connectivity index (χ3v) is 4.45. The molecule has 1 aromatic carbocycles. The molecule has 3 atom stereocenters. The highest BCUT2D eigenvalue weighted by atomic mass is 79.9. The Morgan fingerprint density at radius 1 is 1.39 bits per heavy atom. The molecule has 0 saturated carbocycles. The van der Waals surface area contributed by atoms with Crippen LogP contribution in [0, 0.1) is 5.92 Å². The Morgan fingerprint density at radius 3 is 2.72 bits per heavy atom. The second kappa shape index (κ2) is 6.69. The third-order valence-electron chi connectivity index (χ3n) is 3.92. The van der Waals surface area contributed by atoms with Crippen molar-refractivity contribution in [3.05, 3.63) is 34.3 Å². The zero-order chi connectivity index (χ0) is 13.0. The van der Waals surface area contributed by atoms with Crippen molar-refractivity contribution < 1.29 is 4.74 Å². The van der Waals surface area contributed by atoms with Gasteiger partial charge >= 0.3 is 0 Å². The lowest BCUT2D eigenvalue weighted by Crippen LogP contribution is -2.39. The highest BCUT2D eigenvalue weighted by molar-refractivity contribution is 9.10. The maximum atomic E-state index is 5.81. The molecule has 1 fully saturated rings. The largest absolute Gasteiger partial charge is 0.378 e. The molecular weight excluding hydrogens is 290 g/mol. The van der Waals surface area contributed by atoms with Gasteiger partial charge in [0.05, 0.1) is 6.10 Å². The van der Waals surface area contributed by atoms with E-state index in [0.717, 1.165) is 23.9 Å². The molecule has 0 radical (unpaired) electrons. The Labute approximate surface area is 118 Å². The Morgan fingerprint density at radius 2 is 2.11 bits per heavy atom. The van der Waals surface area contributed by atoms with E-state index in [1.165, 1.54) is 12.0 Å². The maximum Gasteiger partial charge on any atom is 0.0616 e. The summed E-state index contributed by atoms with van der Waals surface area (Å²) in [5, 5.41) is 3.48. The van der Waals surface area contributed by atoms with Gasteiger partial charge in [-0.3, -0.25) is 0 Å². The number of hydrogen-bond donors (Lipinski definition) is 1. The molecule has 1 aliphatic rings. The lowest BCUT2D eigenvalue weighted by Gasteiger charge is -2.27. The molecule has 1 heterocycles. The van der Waals surface area contributed by atoms with Crippen molar-refractivity contribution in [2.45, 2.75) is 38.3 Å². The average molecular weight is 312 g/mol.